The number of allylic oxidation sites excluding steroid dienone is 2. The Bertz CT molecular complexity index is 1200. The van der Waals surface area contributed by atoms with Crippen molar-refractivity contribution in [2.45, 2.75) is 25.7 Å². The molecule has 0 bridgehead atoms. The molecule has 1 unspecified atom stereocenters. The fourth-order valence-corrected chi connectivity index (χ4v) is 4.60. The van der Waals surface area contributed by atoms with Gasteiger partial charge in [-0.3, -0.25) is 9.59 Å². The predicted octanol–water partition coefficient (Wildman–Crippen LogP) is 5.38. The first-order valence-electron chi connectivity index (χ1n) is 10.8. The molecule has 0 aliphatic carbocycles. The van der Waals surface area contributed by atoms with Gasteiger partial charge < -0.3 is 9.64 Å². The molecule has 31 heavy (non-hydrogen) atoms. The van der Waals surface area contributed by atoms with Gasteiger partial charge in [0, 0.05) is 42.8 Å². The molecule has 0 radical (unpaired) electrons. The monoisotopic (exact) mass is 411 g/mol. The molecule has 0 amide bonds. The Morgan fingerprint density at radius 2 is 1.90 bits per heavy atom. The van der Waals surface area contributed by atoms with Crippen LogP contribution < -0.4 is 4.74 Å². The smallest absolute Gasteiger partial charge is 0.187 e. The standard InChI is InChI=1S/C27H25NO3/c1-18(28-11-9-22(17-28)19-5-3-2-4-6-19)13-26(30)21-8-7-20-16-27-24(15-23(20)14-21)25(29)10-12-31-27/h2-8,13-16,22H,9-12,17H2,1H3/b18-13+. The van der Waals surface area contributed by atoms with Crippen molar-refractivity contribution in [2.75, 3.05) is 19.7 Å². The molecule has 156 valence electrons. The quantitative estimate of drug-likeness (QED) is 0.427. The van der Waals surface area contributed by atoms with Crippen LogP contribution in [0.2, 0.25) is 0 Å². The van der Waals surface area contributed by atoms with Crippen LogP contribution in [-0.2, 0) is 0 Å². The van der Waals surface area contributed by atoms with Gasteiger partial charge in [0.25, 0.3) is 0 Å². The molecule has 2 aliphatic rings. The van der Waals surface area contributed by atoms with E-state index in [9.17, 15) is 9.59 Å². The highest BCUT2D eigenvalue weighted by atomic mass is 16.5. The van der Waals surface area contributed by atoms with Gasteiger partial charge in [0.15, 0.2) is 11.6 Å². The molecule has 5 rings (SSSR count). The van der Waals surface area contributed by atoms with Crippen molar-refractivity contribution in [3.63, 3.8) is 0 Å². The SMILES string of the molecule is C/C(=C\C(=O)c1ccc2cc3c(cc2c1)C(=O)CCO3)N1CCC(c2ccccc2)C1. The molecule has 1 atom stereocenters. The van der Waals surface area contributed by atoms with E-state index in [-0.39, 0.29) is 11.6 Å². The van der Waals surface area contributed by atoms with Crippen LogP contribution in [0.15, 0.2) is 72.4 Å². The van der Waals surface area contributed by atoms with E-state index in [0.717, 1.165) is 36.0 Å². The van der Waals surface area contributed by atoms with Gasteiger partial charge in [-0.25, -0.2) is 0 Å². The molecule has 2 heterocycles. The van der Waals surface area contributed by atoms with Gasteiger partial charge in [0.2, 0.25) is 0 Å². The molecule has 1 saturated heterocycles. The van der Waals surface area contributed by atoms with Crippen molar-refractivity contribution < 1.29 is 14.3 Å². The zero-order chi connectivity index (χ0) is 21.4. The molecule has 0 N–H and O–H groups in total. The van der Waals surface area contributed by atoms with Crippen LogP contribution in [0.5, 0.6) is 5.75 Å². The maximum Gasteiger partial charge on any atom is 0.187 e. The Balaban J connectivity index is 1.36. The van der Waals surface area contributed by atoms with Crippen LogP contribution in [0.25, 0.3) is 10.8 Å². The number of carbonyl (C=O) groups is 2. The molecular weight excluding hydrogens is 386 g/mol. The summed E-state index contributed by atoms with van der Waals surface area (Å²) in [5, 5.41) is 1.86. The third-order valence-electron chi connectivity index (χ3n) is 6.41. The van der Waals surface area contributed by atoms with Crippen LogP contribution in [0.4, 0.5) is 0 Å². The van der Waals surface area contributed by atoms with E-state index in [1.807, 2.05) is 43.3 Å². The maximum atomic E-state index is 13.0. The summed E-state index contributed by atoms with van der Waals surface area (Å²) in [7, 11) is 0. The average molecular weight is 412 g/mol. The van der Waals surface area contributed by atoms with Crippen LogP contribution in [0, 0.1) is 0 Å². The van der Waals surface area contributed by atoms with E-state index in [1.54, 1.807) is 6.08 Å². The van der Waals surface area contributed by atoms with Crippen LogP contribution in [0.3, 0.4) is 0 Å². The van der Waals surface area contributed by atoms with Crippen molar-refractivity contribution >= 4 is 22.3 Å². The number of hydrogen-bond acceptors (Lipinski definition) is 4. The number of ether oxygens (including phenoxy) is 1. The summed E-state index contributed by atoms with van der Waals surface area (Å²) < 4.78 is 5.63. The van der Waals surface area contributed by atoms with Gasteiger partial charge in [0.05, 0.1) is 12.2 Å². The van der Waals surface area contributed by atoms with E-state index in [2.05, 4.69) is 29.2 Å². The Labute approximate surface area is 182 Å². The first kappa shape index (κ1) is 19.6. The summed E-state index contributed by atoms with van der Waals surface area (Å²) in [5.74, 6) is 1.23. The molecule has 4 nitrogen and oxygen atoms in total. The summed E-state index contributed by atoms with van der Waals surface area (Å²) in [5.41, 5.74) is 3.60. The number of hydrogen-bond donors (Lipinski definition) is 0. The number of benzene rings is 3. The fourth-order valence-electron chi connectivity index (χ4n) is 4.60. The van der Waals surface area contributed by atoms with Crippen LogP contribution in [0.1, 0.15) is 52.0 Å². The maximum absolute atomic E-state index is 13.0. The minimum absolute atomic E-state index is 0.0112. The molecule has 4 heteroatoms. The van der Waals surface area contributed by atoms with Crippen molar-refractivity contribution in [2.24, 2.45) is 0 Å². The minimum atomic E-state index is -0.0112. The molecule has 0 aromatic heterocycles. The van der Waals surface area contributed by atoms with E-state index in [4.69, 9.17) is 4.74 Å². The molecule has 2 aliphatic heterocycles. The Hall–Kier alpha value is -3.40. The molecule has 1 fully saturated rings. The van der Waals surface area contributed by atoms with Crippen LogP contribution in [-0.4, -0.2) is 36.2 Å². The third kappa shape index (κ3) is 3.86. The number of rotatable bonds is 4. The van der Waals surface area contributed by atoms with Gasteiger partial charge in [-0.15, -0.1) is 0 Å². The van der Waals surface area contributed by atoms with Gasteiger partial charge in [-0.2, -0.15) is 0 Å². The number of Topliss-reactive ketones (excluding diaryl/α,β-unsaturated/α-hetero) is 1. The second-order valence-electron chi connectivity index (χ2n) is 8.42. The molecule has 3 aromatic rings. The van der Waals surface area contributed by atoms with E-state index in [1.165, 1.54) is 5.56 Å². The van der Waals surface area contributed by atoms with Crippen LogP contribution >= 0.6 is 0 Å². The van der Waals surface area contributed by atoms with Crippen molar-refractivity contribution in [3.8, 4) is 5.75 Å². The van der Waals surface area contributed by atoms with Gasteiger partial charge in [-0.05, 0) is 47.9 Å². The van der Waals surface area contributed by atoms with Gasteiger partial charge in [-0.1, -0.05) is 42.5 Å². The number of fused-ring (bicyclic) bond motifs is 2. The number of likely N-dealkylation sites (tertiary alicyclic amines) is 1. The Kier molecular flexibility index (Phi) is 5.06. The topological polar surface area (TPSA) is 46.6 Å². The second kappa shape index (κ2) is 8.03. The van der Waals surface area contributed by atoms with E-state index < -0.39 is 0 Å². The highest BCUT2D eigenvalue weighted by Crippen LogP contribution is 2.31. The Morgan fingerprint density at radius 1 is 1.06 bits per heavy atom. The zero-order valence-corrected chi connectivity index (χ0v) is 17.6. The van der Waals surface area contributed by atoms with E-state index >= 15 is 0 Å². The number of carbonyl (C=O) groups excluding carboxylic acids is 2. The third-order valence-corrected chi connectivity index (χ3v) is 6.41. The Morgan fingerprint density at radius 3 is 2.74 bits per heavy atom. The lowest BCUT2D eigenvalue weighted by atomic mass is 9.97. The lowest BCUT2D eigenvalue weighted by Crippen LogP contribution is -2.19. The van der Waals surface area contributed by atoms with Crippen molar-refractivity contribution in [1.82, 2.24) is 4.90 Å². The second-order valence-corrected chi connectivity index (χ2v) is 8.42. The summed E-state index contributed by atoms with van der Waals surface area (Å²) in [6, 6.07) is 20.0. The molecule has 0 spiro atoms. The summed E-state index contributed by atoms with van der Waals surface area (Å²) in [4.78, 5) is 27.5. The number of ketones is 2. The first-order valence-corrected chi connectivity index (χ1v) is 10.8. The van der Waals surface area contributed by atoms with Crippen molar-refractivity contribution in [3.05, 3.63) is 89.1 Å². The summed E-state index contributed by atoms with van der Waals surface area (Å²) in [6.45, 7) is 4.34. The van der Waals surface area contributed by atoms with Gasteiger partial charge in [0.1, 0.15) is 5.75 Å². The fraction of sp³-hybridized carbons (Fsp3) is 0.259. The first-order chi connectivity index (χ1) is 15.1. The highest BCUT2D eigenvalue weighted by Gasteiger charge is 2.24. The molecule has 0 saturated carbocycles. The highest BCUT2D eigenvalue weighted by molar-refractivity contribution is 6.08. The van der Waals surface area contributed by atoms with E-state index in [0.29, 0.717) is 35.8 Å². The summed E-state index contributed by atoms with van der Waals surface area (Å²) >= 11 is 0. The average Bonchev–Trinajstić information content (AvgIpc) is 3.29. The van der Waals surface area contributed by atoms with Gasteiger partial charge >= 0.3 is 0 Å². The predicted molar refractivity (Wildman–Crippen MR) is 122 cm³/mol. The molecule has 3 aromatic carbocycles. The molecular formula is C27H25NO3. The normalized spacial score (nSPS) is 18.7. The summed E-state index contributed by atoms with van der Waals surface area (Å²) in [6.07, 6.45) is 3.24. The lowest BCUT2D eigenvalue weighted by Gasteiger charge is -2.19. The minimum Gasteiger partial charge on any atom is -0.492 e. The van der Waals surface area contributed by atoms with Crippen molar-refractivity contribution in [1.29, 1.82) is 0 Å². The number of nitrogens with zero attached hydrogens (tertiary/aromatic N) is 1. The zero-order valence-electron chi connectivity index (χ0n) is 17.6. The largest absolute Gasteiger partial charge is 0.492 e. The lowest BCUT2D eigenvalue weighted by molar-refractivity contribution is 0.0933.